The van der Waals surface area contributed by atoms with Gasteiger partial charge in [-0.05, 0) is 43.4 Å². The topological polar surface area (TPSA) is 94.6 Å². The van der Waals surface area contributed by atoms with E-state index >= 15 is 0 Å². The molecular weight excluding hydrogens is 480 g/mol. The maximum Gasteiger partial charge on any atom is 0.347 e. The van der Waals surface area contributed by atoms with E-state index in [9.17, 15) is 19.2 Å². The molecule has 6 aromatic carbocycles. The van der Waals surface area contributed by atoms with Gasteiger partial charge >= 0.3 is 22.5 Å². The van der Waals surface area contributed by atoms with Crippen LogP contribution in [0.2, 0.25) is 0 Å². The minimum atomic E-state index is -0.705. The van der Waals surface area contributed by atoms with Crippen molar-refractivity contribution < 1.29 is 8.83 Å². The molecule has 0 spiro atoms. The standard InChI is InChI=1S/C32H14O6/c33-29-25-19-14-12-18-22(16-9-5-2-6-10-16)28-26(30(34)38-32(28)36)20-13-11-17(23(19)24(18)20)21(27(25)31(35)37-29)15-7-3-1-4-8-15/h1-14H. The molecule has 0 saturated heterocycles. The molecular formula is C32H14O6. The van der Waals surface area contributed by atoms with Crippen LogP contribution in [-0.4, -0.2) is 0 Å². The van der Waals surface area contributed by atoms with E-state index in [0.29, 0.717) is 21.9 Å². The molecule has 0 N–H and O–H groups in total. The summed E-state index contributed by atoms with van der Waals surface area (Å²) in [6.45, 7) is 0. The van der Waals surface area contributed by atoms with E-state index in [-0.39, 0.29) is 21.5 Å². The summed E-state index contributed by atoms with van der Waals surface area (Å²) < 4.78 is 10.2. The molecule has 8 rings (SSSR count). The van der Waals surface area contributed by atoms with E-state index in [1.54, 1.807) is 12.1 Å². The molecule has 0 radical (unpaired) electrons. The third kappa shape index (κ3) is 2.46. The maximum absolute atomic E-state index is 13.0. The zero-order valence-corrected chi connectivity index (χ0v) is 19.5. The Kier molecular flexibility index (Phi) is 3.89. The largest absolute Gasteiger partial charge is 0.386 e. The van der Waals surface area contributed by atoms with Crippen molar-refractivity contribution in [2.24, 2.45) is 0 Å². The Labute approximate surface area is 211 Å². The molecule has 0 aliphatic carbocycles. The Balaban J connectivity index is 1.75. The third-order valence-electron chi connectivity index (χ3n) is 7.55. The summed E-state index contributed by atoms with van der Waals surface area (Å²) in [5, 5.41) is 4.91. The normalized spacial score (nSPS) is 12.1. The van der Waals surface area contributed by atoms with Crippen LogP contribution >= 0.6 is 0 Å². The fraction of sp³-hybridized carbons (Fsp3) is 0. The van der Waals surface area contributed by atoms with Crippen molar-refractivity contribution in [3.05, 3.63) is 127 Å². The Hall–Kier alpha value is -5.36. The second-order valence-corrected chi connectivity index (χ2v) is 9.41. The van der Waals surface area contributed by atoms with E-state index < -0.39 is 22.5 Å². The van der Waals surface area contributed by atoms with Crippen LogP contribution in [0.15, 0.2) is 113 Å². The van der Waals surface area contributed by atoms with E-state index in [2.05, 4.69) is 0 Å². The van der Waals surface area contributed by atoms with Crippen molar-refractivity contribution in [2.75, 3.05) is 0 Å². The Bertz CT molecular complexity index is 2280. The van der Waals surface area contributed by atoms with Gasteiger partial charge in [0.1, 0.15) is 0 Å². The lowest BCUT2D eigenvalue weighted by molar-refractivity contribution is 0.500. The molecule has 0 aliphatic rings. The number of furan rings is 2. The average molecular weight is 494 g/mol. The molecule has 6 nitrogen and oxygen atoms in total. The van der Waals surface area contributed by atoms with Gasteiger partial charge in [-0.2, -0.15) is 0 Å². The highest BCUT2D eigenvalue weighted by Crippen LogP contribution is 2.47. The minimum absolute atomic E-state index is 0.205. The molecule has 6 heteroatoms. The molecule has 0 aliphatic heterocycles. The first-order valence-electron chi connectivity index (χ1n) is 12.0. The quantitative estimate of drug-likeness (QED) is 0.285. The molecule has 0 atom stereocenters. The van der Waals surface area contributed by atoms with E-state index in [1.165, 1.54) is 0 Å². The zero-order valence-electron chi connectivity index (χ0n) is 19.5. The summed E-state index contributed by atoms with van der Waals surface area (Å²) in [6, 6.07) is 26.0. The van der Waals surface area contributed by atoms with E-state index in [0.717, 1.165) is 32.7 Å². The van der Waals surface area contributed by atoms with E-state index in [1.807, 2.05) is 72.8 Å². The molecule has 8 aromatic rings. The fourth-order valence-corrected chi connectivity index (χ4v) is 6.13. The van der Waals surface area contributed by atoms with Crippen molar-refractivity contribution in [3.63, 3.8) is 0 Å². The molecule has 0 unspecified atom stereocenters. The SMILES string of the molecule is O=c1oc(=O)c2c1c(-c1ccccc1)c1ccc3c4c(=O)oc(=O)c4c(-c4ccccc4)c4ccc2c1c43. The van der Waals surface area contributed by atoms with Gasteiger partial charge in [0.25, 0.3) is 0 Å². The van der Waals surface area contributed by atoms with Gasteiger partial charge in [0.05, 0.1) is 21.5 Å². The van der Waals surface area contributed by atoms with Crippen LogP contribution in [0.5, 0.6) is 0 Å². The number of benzene rings is 6. The molecule has 2 heterocycles. The minimum Gasteiger partial charge on any atom is -0.386 e. The predicted molar refractivity (Wildman–Crippen MR) is 148 cm³/mol. The van der Waals surface area contributed by atoms with Gasteiger partial charge in [-0.3, -0.25) is 0 Å². The van der Waals surface area contributed by atoms with Crippen LogP contribution < -0.4 is 22.5 Å². The number of rotatable bonds is 2. The lowest BCUT2D eigenvalue weighted by atomic mass is 9.83. The van der Waals surface area contributed by atoms with Crippen molar-refractivity contribution in [3.8, 4) is 22.3 Å². The van der Waals surface area contributed by atoms with Gasteiger partial charge in [-0.15, -0.1) is 0 Å². The van der Waals surface area contributed by atoms with Gasteiger partial charge in [0, 0.05) is 11.1 Å². The van der Waals surface area contributed by atoms with Gasteiger partial charge < -0.3 is 8.83 Å². The van der Waals surface area contributed by atoms with Gasteiger partial charge in [-0.1, -0.05) is 84.9 Å². The highest BCUT2D eigenvalue weighted by atomic mass is 16.4. The first-order valence-corrected chi connectivity index (χ1v) is 12.0. The fourth-order valence-electron chi connectivity index (χ4n) is 6.13. The van der Waals surface area contributed by atoms with Crippen molar-refractivity contribution in [2.45, 2.75) is 0 Å². The molecule has 2 aromatic heterocycles. The lowest BCUT2D eigenvalue weighted by Crippen LogP contribution is -1.99. The monoisotopic (exact) mass is 494 g/mol. The zero-order chi connectivity index (χ0) is 25.7. The molecule has 38 heavy (non-hydrogen) atoms. The van der Waals surface area contributed by atoms with Crippen molar-refractivity contribution in [1.82, 2.24) is 0 Å². The predicted octanol–water partition coefficient (Wildman–Crippen LogP) is 5.73. The van der Waals surface area contributed by atoms with Crippen molar-refractivity contribution in [1.29, 1.82) is 0 Å². The summed E-state index contributed by atoms with van der Waals surface area (Å²) in [4.78, 5) is 52.0. The molecule has 178 valence electrons. The first-order chi connectivity index (χ1) is 18.5. The summed E-state index contributed by atoms with van der Waals surface area (Å²) in [5.41, 5.74) is -0.0689. The summed E-state index contributed by atoms with van der Waals surface area (Å²) in [5.74, 6) is 0. The van der Waals surface area contributed by atoms with Crippen molar-refractivity contribution >= 4 is 53.9 Å². The van der Waals surface area contributed by atoms with Gasteiger partial charge in [-0.25, -0.2) is 19.2 Å². The van der Waals surface area contributed by atoms with Crippen LogP contribution in [0.3, 0.4) is 0 Å². The maximum atomic E-state index is 13.0. The van der Waals surface area contributed by atoms with Crippen LogP contribution in [-0.2, 0) is 0 Å². The van der Waals surface area contributed by atoms with Crippen LogP contribution in [0.4, 0.5) is 0 Å². The number of hydrogen-bond acceptors (Lipinski definition) is 6. The smallest absolute Gasteiger partial charge is 0.347 e. The van der Waals surface area contributed by atoms with E-state index in [4.69, 9.17) is 8.83 Å². The van der Waals surface area contributed by atoms with Crippen LogP contribution in [0.1, 0.15) is 0 Å². The van der Waals surface area contributed by atoms with Crippen LogP contribution in [0.25, 0.3) is 76.1 Å². The molecule has 0 amide bonds. The Morgan fingerprint density at radius 3 is 1.08 bits per heavy atom. The number of hydrogen-bond donors (Lipinski definition) is 0. The second kappa shape index (κ2) is 7.11. The second-order valence-electron chi connectivity index (χ2n) is 9.41. The summed E-state index contributed by atoms with van der Waals surface area (Å²) >= 11 is 0. The molecule has 0 saturated carbocycles. The average Bonchev–Trinajstić information content (AvgIpc) is 3.41. The summed E-state index contributed by atoms with van der Waals surface area (Å²) in [7, 11) is 0. The lowest BCUT2D eigenvalue weighted by Gasteiger charge is -2.18. The van der Waals surface area contributed by atoms with Gasteiger partial charge in [0.2, 0.25) is 0 Å². The third-order valence-corrected chi connectivity index (χ3v) is 7.55. The Morgan fingerprint density at radius 1 is 0.342 bits per heavy atom. The summed E-state index contributed by atoms with van der Waals surface area (Å²) in [6.07, 6.45) is 0. The highest BCUT2D eigenvalue weighted by molar-refractivity contribution is 6.38. The number of fused-ring (bicyclic) bond motifs is 4. The molecule has 0 bridgehead atoms. The van der Waals surface area contributed by atoms with Crippen LogP contribution in [0, 0.1) is 0 Å². The van der Waals surface area contributed by atoms with Gasteiger partial charge in [0.15, 0.2) is 0 Å². The highest BCUT2D eigenvalue weighted by Gasteiger charge is 2.27. The first kappa shape index (κ1) is 20.8. The molecule has 0 fully saturated rings. The Morgan fingerprint density at radius 2 is 0.684 bits per heavy atom.